The number of carbonyl (C=O) groups is 1. The molecular weight excluding hydrogens is 322 g/mol. The van der Waals surface area contributed by atoms with Crippen molar-refractivity contribution in [3.8, 4) is 0 Å². The molecule has 1 atom stereocenters. The van der Waals surface area contributed by atoms with E-state index in [0.717, 1.165) is 12.8 Å². The minimum absolute atomic E-state index is 0.0501. The van der Waals surface area contributed by atoms with Crippen molar-refractivity contribution in [2.75, 3.05) is 7.05 Å². The summed E-state index contributed by atoms with van der Waals surface area (Å²) in [6.07, 6.45) is 2.55. The standard InChI is InChI=1S/C18H25N3O4/c1-6-8-11(3)13-9-12(4)16(18(23)24-13)17(22)21(5)10-14-19-15(7-2)25-20-14/h9,11H,6-8,10H2,1-5H3. The van der Waals surface area contributed by atoms with Gasteiger partial charge in [0, 0.05) is 19.4 Å². The number of aromatic nitrogens is 2. The average molecular weight is 347 g/mol. The quantitative estimate of drug-likeness (QED) is 0.764. The molecule has 0 aliphatic rings. The van der Waals surface area contributed by atoms with Crippen LogP contribution < -0.4 is 5.63 Å². The summed E-state index contributed by atoms with van der Waals surface area (Å²) in [5, 5.41) is 3.82. The first kappa shape index (κ1) is 18.9. The van der Waals surface area contributed by atoms with Crippen LogP contribution in [0.1, 0.15) is 72.9 Å². The van der Waals surface area contributed by atoms with E-state index in [0.29, 0.717) is 29.5 Å². The molecule has 0 saturated heterocycles. The summed E-state index contributed by atoms with van der Waals surface area (Å²) in [5.74, 6) is 1.27. The molecular formula is C18H25N3O4. The molecule has 25 heavy (non-hydrogen) atoms. The highest BCUT2D eigenvalue weighted by Gasteiger charge is 2.23. The van der Waals surface area contributed by atoms with Gasteiger partial charge in [0.1, 0.15) is 11.3 Å². The second-order valence-electron chi connectivity index (χ2n) is 6.30. The Labute approximate surface area is 147 Å². The Morgan fingerprint density at radius 2 is 2.08 bits per heavy atom. The lowest BCUT2D eigenvalue weighted by Gasteiger charge is -2.16. The predicted octanol–water partition coefficient (Wildman–Crippen LogP) is 3.07. The van der Waals surface area contributed by atoms with Gasteiger partial charge in [-0.3, -0.25) is 4.79 Å². The molecule has 0 radical (unpaired) electrons. The number of aryl methyl sites for hydroxylation is 2. The maximum atomic E-state index is 12.7. The van der Waals surface area contributed by atoms with Crippen LogP contribution in [0.3, 0.4) is 0 Å². The molecule has 0 aliphatic heterocycles. The van der Waals surface area contributed by atoms with Gasteiger partial charge in [-0.25, -0.2) is 4.79 Å². The van der Waals surface area contributed by atoms with Crippen molar-refractivity contribution < 1.29 is 13.7 Å². The Kier molecular flexibility index (Phi) is 6.12. The molecule has 1 unspecified atom stereocenters. The fourth-order valence-corrected chi connectivity index (χ4v) is 2.68. The summed E-state index contributed by atoms with van der Waals surface area (Å²) < 4.78 is 10.4. The molecule has 0 bridgehead atoms. The molecule has 2 aromatic heterocycles. The van der Waals surface area contributed by atoms with Gasteiger partial charge in [-0.2, -0.15) is 4.98 Å². The molecule has 2 rings (SSSR count). The average Bonchev–Trinajstić information content (AvgIpc) is 3.01. The summed E-state index contributed by atoms with van der Waals surface area (Å²) in [6.45, 7) is 7.91. The summed E-state index contributed by atoms with van der Waals surface area (Å²) in [7, 11) is 1.59. The van der Waals surface area contributed by atoms with Crippen LogP contribution >= 0.6 is 0 Å². The SMILES string of the molecule is CCCC(C)c1cc(C)c(C(=O)N(C)Cc2noc(CC)n2)c(=O)o1. The zero-order chi connectivity index (χ0) is 18.6. The molecule has 1 amide bonds. The van der Waals surface area contributed by atoms with Crippen LogP contribution in [0.5, 0.6) is 0 Å². The third-order valence-electron chi connectivity index (χ3n) is 4.13. The lowest BCUT2D eigenvalue weighted by atomic mass is 10.0. The van der Waals surface area contributed by atoms with E-state index in [2.05, 4.69) is 17.1 Å². The smallest absolute Gasteiger partial charge is 0.349 e. The Morgan fingerprint density at radius 3 is 2.64 bits per heavy atom. The zero-order valence-corrected chi connectivity index (χ0v) is 15.5. The Hall–Kier alpha value is -2.44. The number of hydrogen-bond donors (Lipinski definition) is 0. The van der Waals surface area contributed by atoms with E-state index in [1.807, 2.05) is 13.8 Å². The topological polar surface area (TPSA) is 89.4 Å². The number of rotatable bonds is 7. The zero-order valence-electron chi connectivity index (χ0n) is 15.5. The van der Waals surface area contributed by atoms with Gasteiger partial charge in [-0.15, -0.1) is 0 Å². The first-order valence-corrected chi connectivity index (χ1v) is 8.58. The number of amides is 1. The first-order chi connectivity index (χ1) is 11.9. The Balaban J connectivity index is 2.21. The van der Waals surface area contributed by atoms with Crippen molar-refractivity contribution >= 4 is 5.91 Å². The molecule has 0 aliphatic carbocycles. The highest BCUT2D eigenvalue weighted by atomic mass is 16.5. The van der Waals surface area contributed by atoms with E-state index in [1.54, 1.807) is 20.0 Å². The fraction of sp³-hybridized carbons (Fsp3) is 0.556. The van der Waals surface area contributed by atoms with Gasteiger partial charge in [0.05, 0.1) is 6.54 Å². The van der Waals surface area contributed by atoms with Gasteiger partial charge in [-0.1, -0.05) is 32.3 Å². The molecule has 0 fully saturated rings. The van der Waals surface area contributed by atoms with E-state index in [9.17, 15) is 9.59 Å². The molecule has 0 aromatic carbocycles. The monoisotopic (exact) mass is 347 g/mol. The highest BCUT2D eigenvalue weighted by molar-refractivity contribution is 5.94. The van der Waals surface area contributed by atoms with Gasteiger partial charge in [0.25, 0.3) is 5.91 Å². The molecule has 7 heteroatoms. The van der Waals surface area contributed by atoms with E-state index in [4.69, 9.17) is 8.94 Å². The van der Waals surface area contributed by atoms with Gasteiger partial charge in [0.2, 0.25) is 5.89 Å². The summed E-state index contributed by atoms with van der Waals surface area (Å²) >= 11 is 0. The Bertz CT molecular complexity index is 794. The number of carbonyl (C=O) groups excluding carboxylic acids is 1. The van der Waals surface area contributed by atoms with E-state index in [1.165, 1.54) is 4.90 Å². The molecule has 0 spiro atoms. The third kappa shape index (κ3) is 4.35. The minimum Gasteiger partial charge on any atom is -0.427 e. The van der Waals surface area contributed by atoms with Crippen LogP contribution in [0.4, 0.5) is 0 Å². The first-order valence-electron chi connectivity index (χ1n) is 8.58. The molecule has 2 aromatic rings. The highest BCUT2D eigenvalue weighted by Crippen LogP contribution is 2.21. The van der Waals surface area contributed by atoms with Crippen molar-refractivity contribution in [2.24, 2.45) is 0 Å². The van der Waals surface area contributed by atoms with Crippen LogP contribution in [0.25, 0.3) is 0 Å². The largest absolute Gasteiger partial charge is 0.427 e. The minimum atomic E-state index is -0.600. The van der Waals surface area contributed by atoms with Crippen molar-refractivity contribution in [2.45, 2.75) is 59.4 Å². The number of nitrogens with zero attached hydrogens (tertiary/aromatic N) is 3. The van der Waals surface area contributed by atoms with E-state index in [-0.39, 0.29) is 18.0 Å². The molecule has 2 heterocycles. The van der Waals surface area contributed by atoms with Gasteiger partial charge < -0.3 is 13.8 Å². The van der Waals surface area contributed by atoms with Crippen molar-refractivity contribution in [1.82, 2.24) is 15.0 Å². The van der Waals surface area contributed by atoms with Crippen LogP contribution in [-0.2, 0) is 13.0 Å². The lowest BCUT2D eigenvalue weighted by molar-refractivity contribution is 0.0774. The van der Waals surface area contributed by atoms with Crippen molar-refractivity contribution in [1.29, 1.82) is 0 Å². The summed E-state index contributed by atoms with van der Waals surface area (Å²) in [6, 6.07) is 1.78. The van der Waals surface area contributed by atoms with Crippen molar-refractivity contribution in [3.05, 3.63) is 45.1 Å². The maximum absolute atomic E-state index is 12.7. The van der Waals surface area contributed by atoms with Crippen molar-refractivity contribution in [3.63, 3.8) is 0 Å². The maximum Gasteiger partial charge on any atom is 0.349 e. The molecule has 0 saturated carbocycles. The van der Waals surface area contributed by atoms with Crippen LogP contribution in [-0.4, -0.2) is 28.0 Å². The predicted molar refractivity (Wildman–Crippen MR) is 92.5 cm³/mol. The van der Waals surface area contributed by atoms with Crippen LogP contribution in [0.2, 0.25) is 0 Å². The Morgan fingerprint density at radius 1 is 1.36 bits per heavy atom. The van der Waals surface area contributed by atoms with Gasteiger partial charge in [0.15, 0.2) is 5.82 Å². The molecule has 0 N–H and O–H groups in total. The van der Waals surface area contributed by atoms with Gasteiger partial charge >= 0.3 is 5.63 Å². The number of hydrogen-bond acceptors (Lipinski definition) is 6. The van der Waals surface area contributed by atoms with Gasteiger partial charge in [-0.05, 0) is 25.0 Å². The normalized spacial score (nSPS) is 12.2. The van der Waals surface area contributed by atoms with E-state index < -0.39 is 11.5 Å². The summed E-state index contributed by atoms with van der Waals surface area (Å²) in [4.78, 5) is 30.6. The summed E-state index contributed by atoms with van der Waals surface area (Å²) in [5.41, 5.74) is 0.0692. The molecule has 136 valence electrons. The fourth-order valence-electron chi connectivity index (χ4n) is 2.68. The van der Waals surface area contributed by atoms with Crippen LogP contribution in [0, 0.1) is 6.92 Å². The lowest BCUT2D eigenvalue weighted by Crippen LogP contribution is -2.32. The second kappa shape index (κ2) is 8.09. The van der Waals surface area contributed by atoms with E-state index >= 15 is 0 Å². The molecule has 7 nitrogen and oxygen atoms in total. The second-order valence-corrected chi connectivity index (χ2v) is 6.30. The van der Waals surface area contributed by atoms with Crippen LogP contribution in [0.15, 0.2) is 19.8 Å². The third-order valence-corrected chi connectivity index (χ3v) is 4.13.